The van der Waals surface area contributed by atoms with Gasteiger partial charge in [-0.15, -0.1) is 0 Å². The van der Waals surface area contributed by atoms with Gasteiger partial charge in [0.05, 0.1) is 0 Å². The van der Waals surface area contributed by atoms with Gasteiger partial charge >= 0.3 is 12.0 Å². The number of carbonyl (C=O) groups is 2. The van der Waals surface area contributed by atoms with E-state index < -0.39 is 12.0 Å². The van der Waals surface area contributed by atoms with Crippen LogP contribution in [0.2, 0.25) is 0 Å². The molecule has 2 N–H and O–H groups in total. The highest BCUT2D eigenvalue weighted by molar-refractivity contribution is 5.82. The third-order valence-electron chi connectivity index (χ3n) is 3.53. The van der Waals surface area contributed by atoms with Gasteiger partial charge in [-0.05, 0) is 25.7 Å². The summed E-state index contributed by atoms with van der Waals surface area (Å²) >= 11 is 0. The second-order valence-electron chi connectivity index (χ2n) is 5.40. The van der Waals surface area contributed by atoms with Crippen LogP contribution in [-0.2, 0) is 4.79 Å². The van der Waals surface area contributed by atoms with E-state index in [0.717, 1.165) is 32.2 Å². The number of nitrogens with one attached hydrogen (secondary N) is 1. The van der Waals surface area contributed by atoms with Crippen molar-refractivity contribution in [3.63, 3.8) is 0 Å². The third-order valence-corrected chi connectivity index (χ3v) is 3.53. The number of nitrogens with zero attached hydrogens (tertiary/aromatic N) is 1. The fraction of sp³-hybridized carbons (Fsp3) is 0.846. The lowest BCUT2D eigenvalue weighted by Gasteiger charge is -2.29. The minimum atomic E-state index is -0.971. The van der Waals surface area contributed by atoms with Gasteiger partial charge in [0.25, 0.3) is 0 Å². The summed E-state index contributed by atoms with van der Waals surface area (Å²) in [6.07, 6.45) is 4.27. The van der Waals surface area contributed by atoms with E-state index in [2.05, 4.69) is 5.32 Å². The topological polar surface area (TPSA) is 69.6 Å². The molecule has 104 valence electrons. The molecule has 1 aliphatic rings. The molecule has 0 spiro atoms. The molecule has 1 rings (SSSR count). The van der Waals surface area contributed by atoms with Gasteiger partial charge in [-0.2, -0.15) is 0 Å². The molecule has 0 aromatic heterocycles. The van der Waals surface area contributed by atoms with Gasteiger partial charge in [0.15, 0.2) is 0 Å². The van der Waals surface area contributed by atoms with Gasteiger partial charge < -0.3 is 15.3 Å². The average molecular weight is 256 g/mol. The van der Waals surface area contributed by atoms with Crippen LogP contribution in [0.1, 0.15) is 46.5 Å². The number of hydrogen-bond donors (Lipinski definition) is 2. The van der Waals surface area contributed by atoms with Crippen LogP contribution in [0.4, 0.5) is 4.79 Å². The Balaban J connectivity index is 2.64. The third kappa shape index (κ3) is 3.89. The smallest absolute Gasteiger partial charge is 0.326 e. The van der Waals surface area contributed by atoms with Crippen LogP contribution < -0.4 is 5.32 Å². The molecule has 2 amide bonds. The molecule has 2 atom stereocenters. The summed E-state index contributed by atoms with van der Waals surface area (Å²) in [6, 6.07) is -0.868. The minimum Gasteiger partial charge on any atom is -0.480 e. The van der Waals surface area contributed by atoms with Gasteiger partial charge in [-0.3, -0.25) is 0 Å². The van der Waals surface area contributed by atoms with Crippen LogP contribution in [-0.4, -0.2) is 40.6 Å². The van der Waals surface area contributed by atoms with E-state index in [9.17, 15) is 9.59 Å². The largest absolute Gasteiger partial charge is 0.480 e. The maximum atomic E-state index is 12.1. The molecule has 0 radical (unpaired) electrons. The van der Waals surface area contributed by atoms with Crippen molar-refractivity contribution in [1.29, 1.82) is 0 Å². The van der Waals surface area contributed by atoms with E-state index in [1.165, 1.54) is 0 Å². The lowest BCUT2D eigenvalue weighted by Crippen LogP contribution is -2.52. The zero-order valence-electron chi connectivity index (χ0n) is 11.5. The predicted octanol–water partition coefficient (Wildman–Crippen LogP) is 2.07. The zero-order valence-corrected chi connectivity index (χ0v) is 11.5. The van der Waals surface area contributed by atoms with Gasteiger partial charge in [0.1, 0.15) is 6.04 Å². The number of hydrogen-bond acceptors (Lipinski definition) is 2. The number of carboxylic acid groups (broad SMARTS) is 1. The Bertz CT molecular complexity index is 305. The van der Waals surface area contributed by atoms with Crippen LogP contribution in [0.3, 0.4) is 0 Å². The second-order valence-corrected chi connectivity index (χ2v) is 5.40. The van der Waals surface area contributed by atoms with E-state index >= 15 is 0 Å². The molecule has 5 nitrogen and oxygen atoms in total. The van der Waals surface area contributed by atoms with Gasteiger partial charge in [0.2, 0.25) is 0 Å². The highest BCUT2D eigenvalue weighted by Gasteiger charge is 2.28. The summed E-state index contributed by atoms with van der Waals surface area (Å²) in [5, 5.41) is 11.7. The van der Waals surface area contributed by atoms with Crippen LogP contribution >= 0.6 is 0 Å². The normalized spacial score (nSPS) is 22.4. The molecular formula is C13H24N2O3. The number of urea groups is 1. The summed E-state index contributed by atoms with van der Waals surface area (Å²) in [6.45, 7) is 6.34. The van der Waals surface area contributed by atoms with Crippen LogP contribution in [0.5, 0.6) is 0 Å². The maximum Gasteiger partial charge on any atom is 0.326 e. The SMILES string of the molecule is CC(C)C(NC(=O)N1CCCCCC1C)C(=O)O. The van der Waals surface area contributed by atoms with Gasteiger partial charge in [0, 0.05) is 12.6 Å². The molecular weight excluding hydrogens is 232 g/mol. The highest BCUT2D eigenvalue weighted by atomic mass is 16.4. The predicted molar refractivity (Wildman–Crippen MR) is 69.4 cm³/mol. The van der Waals surface area contributed by atoms with Crippen molar-refractivity contribution in [2.24, 2.45) is 5.92 Å². The quantitative estimate of drug-likeness (QED) is 0.812. The Morgan fingerprint density at radius 2 is 1.94 bits per heavy atom. The molecule has 18 heavy (non-hydrogen) atoms. The maximum absolute atomic E-state index is 12.1. The van der Waals surface area contributed by atoms with E-state index in [1.807, 2.05) is 6.92 Å². The van der Waals surface area contributed by atoms with E-state index in [4.69, 9.17) is 5.11 Å². The number of rotatable bonds is 3. The molecule has 1 fully saturated rings. The van der Waals surface area contributed by atoms with Crippen molar-refractivity contribution in [2.45, 2.75) is 58.5 Å². The molecule has 1 aliphatic heterocycles. The monoisotopic (exact) mass is 256 g/mol. The molecule has 0 aromatic rings. The number of carbonyl (C=O) groups excluding carboxylic acids is 1. The Labute approximate surface area is 109 Å². The average Bonchev–Trinajstić information content (AvgIpc) is 2.49. The first-order chi connectivity index (χ1) is 8.43. The lowest BCUT2D eigenvalue weighted by molar-refractivity contribution is -0.140. The molecule has 1 saturated heterocycles. The summed E-state index contributed by atoms with van der Waals surface area (Å²) < 4.78 is 0. The van der Waals surface area contributed by atoms with Crippen molar-refractivity contribution in [3.8, 4) is 0 Å². The Morgan fingerprint density at radius 1 is 1.28 bits per heavy atom. The summed E-state index contributed by atoms with van der Waals surface area (Å²) in [5.74, 6) is -1.09. The van der Waals surface area contributed by atoms with E-state index in [-0.39, 0.29) is 18.0 Å². The molecule has 0 aliphatic carbocycles. The Morgan fingerprint density at radius 3 is 2.50 bits per heavy atom. The number of aliphatic carboxylic acids is 1. The van der Waals surface area contributed by atoms with Gasteiger partial charge in [-0.1, -0.05) is 26.7 Å². The van der Waals surface area contributed by atoms with Crippen LogP contribution in [0, 0.1) is 5.92 Å². The second kappa shape index (κ2) is 6.61. The lowest BCUT2D eigenvalue weighted by atomic mass is 10.1. The highest BCUT2D eigenvalue weighted by Crippen LogP contribution is 2.16. The van der Waals surface area contributed by atoms with E-state index in [1.54, 1.807) is 18.7 Å². The van der Waals surface area contributed by atoms with Crippen LogP contribution in [0.15, 0.2) is 0 Å². The fourth-order valence-corrected chi connectivity index (χ4v) is 2.31. The molecule has 1 heterocycles. The first-order valence-corrected chi connectivity index (χ1v) is 6.73. The Hall–Kier alpha value is -1.26. The summed E-state index contributed by atoms with van der Waals surface area (Å²) in [5.41, 5.74) is 0. The van der Waals surface area contributed by atoms with Crippen molar-refractivity contribution in [3.05, 3.63) is 0 Å². The summed E-state index contributed by atoms with van der Waals surface area (Å²) in [7, 11) is 0. The first kappa shape index (κ1) is 14.8. The van der Waals surface area contributed by atoms with Crippen molar-refractivity contribution < 1.29 is 14.7 Å². The molecule has 2 unspecified atom stereocenters. The van der Waals surface area contributed by atoms with Crippen molar-refractivity contribution >= 4 is 12.0 Å². The van der Waals surface area contributed by atoms with E-state index in [0.29, 0.717) is 0 Å². The number of carboxylic acids is 1. The van der Waals surface area contributed by atoms with Gasteiger partial charge in [-0.25, -0.2) is 9.59 Å². The van der Waals surface area contributed by atoms with Crippen LogP contribution in [0.25, 0.3) is 0 Å². The standard InChI is InChI=1S/C13H24N2O3/c1-9(2)11(12(16)17)14-13(18)15-8-6-4-5-7-10(15)3/h9-11H,4-8H2,1-3H3,(H,14,18)(H,16,17). The zero-order chi connectivity index (χ0) is 13.7. The fourth-order valence-electron chi connectivity index (χ4n) is 2.31. The minimum absolute atomic E-state index is 0.117. The van der Waals surface area contributed by atoms with Crippen molar-refractivity contribution in [2.75, 3.05) is 6.54 Å². The molecule has 0 bridgehead atoms. The number of likely N-dealkylation sites (tertiary alicyclic amines) is 1. The number of amides is 2. The summed E-state index contributed by atoms with van der Waals surface area (Å²) in [4.78, 5) is 25.0. The molecule has 0 aromatic carbocycles. The molecule has 5 heteroatoms. The molecule has 0 saturated carbocycles. The van der Waals surface area contributed by atoms with Crippen molar-refractivity contribution in [1.82, 2.24) is 10.2 Å². The first-order valence-electron chi connectivity index (χ1n) is 6.73. The Kier molecular flexibility index (Phi) is 5.44.